The Bertz CT molecular complexity index is 960. The van der Waals surface area contributed by atoms with Crippen LogP contribution >= 0.6 is 0 Å². The third-order valence-electron chi connectivity index (χ3n) is 8.40. The minimum Gasteiger partial charge on any atom is -0.383 e. The van der Waals surface area contributed by atoms with E-state index in [0.29, 0.717) is 29.7 Å². The number of aromatic nitrogens is 3. The van der Waals surface area contributed by atoms with Crippen molar-refractivity contribution < 1.29 is 4.74 Å². The summed E-state index contributed by atoms with van der Waals surface area (Å²) in [4.78, 5) is 7.19. The molecule has 6 nitrogen and oxygen atoms in total. The normalized spacial score (nSPS) is 31.8. The van der Waals surface area contributed by atoms with Crippen LogP contribution in [0.25, 0.3) is 11.3 Å². The molecule has 0 amide bonds. The molecule has 3 aliphatic carbocycles. The van der Waals surface area contributed by atoms with Crippen LogP contribution in [-0.4, -0.2) is 52.0 Å². The average Bonchev–Trinajstić information content (AvgIpc) is 3.43. The first kappa shape index (κ1) is 17.7. The Balaban J connectivity index is 1.20. The number of nitrogens with two attached hydrogens (primary N) is 1. The Morgan fingerprint density at radius 2 is 1.73 bits per heavy atom. The van der Waals surface area contributed by atoms with E-state index in [2.05, 4.69) is 26.7 Å². The van der Waals surface area contributed by atoms with Crippen molar-refractivity contribution in [3.05, 3.63) is 29.6 Å². The fourth-order valence-electron chi connectivity index (χ4n) is 6.32. The zero-order chi connectivity index (χ0) is 19.8. The molecule has 0 bridgehead atoms. The number of fused-ring (bicyclic) bond motifs is 1. The Kier molecular flexibility index (Phi) is 3.86. The predicted molar refractivity (Wildman–Crippen MR) is 115 cm³/mol. The van der Waals surface area contributed by atoms with Crippen molar-refractivity contribution >= 4 is 5.82 Å². The zero-order valence-corrected chi connectivity index (χ0v) is 17.5. The monoisotopic (exact) mass is 405 g/mol. The highest BCUT2D eigenvalue weighted by Gasteiger charge is 2.59. The van der Waals surface area contributed by atoms with Crippen molar-refractivity contribution in [3.63, 3.8) is 0 Å². The van der Waals surface area contributed by atoms with Crippen LogP contribution < -0.4 is 5.73 Å². The van der Waals surface area contributed by atoms with Gasteiger partial charge < -0.3 is 10.5 Å². The smallest absolute Gasteiger partial charge is 0.126 e. The third kappa shape index (κ3) is 2.76. The van der Waals surface area contributed by atoms with Crippen LogP contribution in [0.3, 0.4) is 0 Å². The third-order valence-corrected chi connectivity index (χ3v) is 8.40. The number of rotatable bonds is 5. The molecule has 5 fully saturated rings. The van der Waals surface area contributed by atoms with Crippen molar-refractivity contribution in [2.75, 3.05) is 32.0 Å². The number of pyridine rings is 1. The van der Waals surface area contributed by atoms with Gasteiger partial charge in [-0.3, -0.25) is 9.58 Å². The van der Waals surface area contributed by atoms with E-state index >= 15 is 0 Å². The maximum Gasteiger partial charge on any atom is 0.126 e. The summed E-state index contributed by atoms with van der Waals surface area (Å²) >= 11 is 0. The highest BCUT2D eigenvalue weighted by Crippen LogP contribution is 2.59. The van der Waals surface area contributed by atoms with Crippen LogP contribution in [0.1, 0.15) is 67.7 Å². The molecule has 0 radical (unpaired) electrons. The van der Waals surface area contributed by atoms with E-state index in [0.717, 1.165) is 36.3 Å². The van der Waals surface area contributed by atoms with E-state index in [9.17, 15) is 0 Å². The topological polar surface area (TPSA) is 69.2 Å². The standard InChI is InChI=1S/C24H31N5O/c25-24-18(14-5-6-14)7-15(9-26-24)21-8-22(29(27-21)16-3-1-2-4-16)23-19-10-28(11-20(19)23)17-12-30-13-17/h7-9,14,16-17,19-20,23H,1-6,10-13H2,(H2,25,26). The minimum atomic E-state index is 0.579. The van der Waals surface area contributed by atoms with Gasteiger partial charge in [0.05, 0.1) is 31.0 Å². The summed E-state index contributed by atoms with van der Waals surface area (Å²) in [7, 11) is 0. The molecule has 2 unspecified atom stereocenters. The molecular weight excluding hydrogens is 374 g/mol. The van der Waals surface area contributed by atoms with Gasteiger partial charge in [-0.15, -0.1) is 0 Å². The molecule has 4 heterocycles. The van der Waals surface area contributed by atoms with Gasteiger partial charge in [0.15, 0.2) is 0 Å². The summed E-state index contributed by atoms with van der Waals surface area (Å²) in [5.41, 5.74) is 11.1. The number of hydrogen-bond donors (Lipinski definition) is 1. The summed E-state index contributed by atoms with van der Waals surface area (Å²) < 4.78 is 7.84. The first-order valence-corrected chi connectivity index (χ1v) is 11.9. The van der Waals surface area contributed by atoms with Gasteiger partial charge >= 0.3 is 0 Å². The zero-order valence-electron chi connectivity index (χ0n) is 17.5. The van der Waals surface area contributed by atoms with Gasteiger partial charge in [0, 0.05) is 36.5 Å². The first-order valence-electron chi connectivity index (χ1n) is 11.9. The molecule has 2 atom stereocenters. The maximum absolute atomic E-state index is 6.17. The summed E-state index contributed by atoms with van der Waals surface area (Å²) in [5, 5.41) is 5.19. The minimum absolute atomic E-state index is 0.579. The second kappa shape index (κ2) is 6.54. The number of nitrogens with zero attached hydrogens (tertiary/aromatic N) is 4. The second-order valence-electron chi connectivity index (χ2n) is 10.3. The molecule has 2 aromatic heterocycles. The van der Waals surface area contributed by atoms with E-state index in [1.54, 1.807) is 0 Å². The first-order chi connectivity index (χ1) is 14.8. The molecule has 0 spiro atoms. The lowest BCUT2D eigenvalue weighted by atomic mass is 10.1. The number of nitrogen functional groups attached to an aromatic ring is 1. The van der Waals surface area contributed by atoms with Gasteiger partial charge in [-0.05, 0) is 61.1 Å². The molecule has 5 aliphatic rings. The second-order valence-corrected chi connectivity index (χ2v) is 10.3. The SMILES string of the molecule is Nc1ncc(-c2cc(C3C4CN(C5COC5)CC43)n(C3CCCC3)n2)cc1C1CC1. The Labute approximate surface area is 177 Å². The molecule has 0 aromatic carbocycles. The van der Waals surface area contributed by atoms with Crippen molar-refractivity contribution in [1.82, 2.24) is 19.7 Å². The van der Waals surface area contributed by atoms with Crippen LogP contribution in [0.5, 0.6) is 0 Å². The number of piperidine rings is 1. The van der Waals surface area contributed by atoms with Gasteiger partial charge in [-0.2, -0.15) is 5.10 Å². The molecule has 158 valence electrons. The quantitative estimate of drug-likeness (QED) is 0.824. The molecule has 3 saturated carbocycles. The molecule has 7 rings (SSSR count). The van der Waals surface area contributed by atoms with Crippen molar-refractivity contribution in [2.45, 2.75) is 62.4 Å². The van der Waals surface area contributed by atoms with Crippen molar-refractivity contribution in [2.24, 2.45) is 11.8 Å². The maximum atomic E-state index is 6.17. The average molecular weight is 406 g/mol. The highest BCUT2D eigenvalue weighted by atomic mass is 16.5. The fraction of sp³-hybridized carbons (Fsp3) is 0.667. The van der Waals surface area contributed by atoms with E-state index in [-0.39, 0.29) is 0 Å². The van der Waals surface area contributed by atoms with Crippen LogP contribution in [0.4, 0.5) is 5.82 Å². The fourth-order valence-corrected chi connectivity index (χ4v) is 6.32. The number of anilines is 1. The summed E-state index contributed by atoms with van der Waals surface area (Å²) in [6.07, 6.45) is 9.63. The van der Waals surface area contributed by atoms with Crippen LogP contribution in [0.2, 0.25) is 0 Å². The molecule has 2 aliphatic heterocycles. The molecule has 30 heavy (non-hydrogen) atoms. The lowest BCUT2D eigenvalue weighted by Gasteiger charge is -2.35. The van der Waals surface area contributed by atoms with E-state index in [1.807, 2.05) is 6.20 Å². The van der Waals surface area contributed by atoms with Gasteiger partial charge in [0.1, 0.15) is 5.82 Å². The van der Waals surface area contributed by atoms with Gasteiger partial charge in [-0.1, -0.05) is 12.8 Å². The highest BCUT2D eigenvalue weighted by molar-refractivity contribution is 5.63. The summed E-state index contributed by atoms with van der Waals surface area (Å²) in [6.45, 7) is 4.34. The Morgan fingerprint density at radius 3 is 2.40 bits per heavy atom. The summed E-state index contributed by atoms with van der Waals surface area (Å²) in [6, 6.07) is 5.91. The number of hydrogen-bond acceptors (Lipinski definition) is 5. The molecule has 6 heteroatoms. The van der Waals surface area contributed by atoms with E-state index in [1.165, 1.54) is 62.9 Å². The van der Waals surface area contributed by atoms with Crippen LogP contribution in [0.15, 0.2) is 18.3 Å². The van der Waals surface area contributed by atoms with Gasteiger partial charge in [-0.25, -0.2) is 4.98 Å². The van der Waals surface area contributed by atoms with Crippen LogP contribution in [0, 0.1) is 11.8 Å². The Hall–Kier alpha value is -1.92. The summed E-state index contributed by atoms with van der Waals surface area (Å²) in [5.74, 6) is 3.61. The van der Waals surface area contributed by atoms with Crippen LogP contribution in [-0.2, 0) is 4.74 Å². The van der Waals surface area contributed by atoms with E-state index in [4.69, 9.17) is 15.6 Å². The molecule has 2 saturated heterocycles. The van der Waals surface area contributed by atoms with Gasteiger partial charge in [0.2, 0.25) is 0 Å². The Morgan fingerprint density at radius 1 is 0.967 bits per heavy atom. The lowest BCUT2D eigenvalue weighted by molar-refractivity contribution is -0.0610. The number of ether oxygens (including phenoxy) is 1. The molecular formula is C24H31N5O. The van der Waals surface area contributed by atoms with Crippen molar-refractivity contribution in [3.8, 4) is 11.3 Å². The van der Waals surface area contributed by atoms with Gasteiger partial charge in [0.25, 0.3) is 0 Å². The predicted octanol–water partition coefficient (Wildman–Crippen LogP) is 3.56. The number of likely N-dealkylation sites (tertiary alicyclic amines) is 1. The lowest BCUT2D eigenvalue weighted by Crippen LogP contribution is -2.48. The molecule has 2 aromatic rings. The van der Waals surface area contributed by atoms with E-state index < -0.39 is 0 Å². The van der Waals surface area contributed by atoms with Crippen molar-refractivity contribution in [1.29, 1.82) is 0 Å². The molecule has 2 N–H and O–H groups in total. The largest absolute Gasteiger partial charge is 0.383 e.